The van der Waals surface area contributed by atoms with Gasteiger partial charge >= 0.3 is 5.97 Å². The van der Waals surface area contributed by atoms with Gasteiger partial charge in [0.05, 0.1) is 18.1 Å². The Hall–Kier alpha value is -4.00. The van der Waals surface area contributed by atoms with Crippen LogP contribution in [0, 0.1) is 0 Å². The number of hydrogen-bond acceptors (Lipinski definition) is 4. The first-order chi connectivity index (χ1) is 18.1. The second-order valence-corrected chi connectivity index (χ2v) is 9.65. The molecule has 0 bridgehead atoms. The number of ether oxygens (including phenoxy) is 1. The van der Waals surface area contributed by atoms with Crippen LogP contribution in [0.15, 0.2) is 120 Å². The molecule has 1 heterocycles. The number of hydrogen-bond donors (Lipinski definition) is 1. The van der Waals surface area contributed by atoms with Gasteiger partial charge in [0.2, 0.25) is 5.88 Å². The van der Waals surface area contributed by atoms with Gasteiger partial charge in [-0.1, -0.05) is 94.8 Å². The van der Waals surface area contributed by atoms with E-state index in [1.54, 1.807) is 0 Å². The lowest BCUT2D eigenvalue weighted by Gasteiger charge is -2.32. The van der Waals surface area contributed by atoms with Gasteiger partial charge in [-0.25, -0.2) is 4.98 Å². The summed E-state index contributed by atoms with van der Waals surface area (Å²) < 4.78 is 7.30. The lowest BCUT2D eigenvalue weighted by atomic mass is 9.95. The number of aliphatic carboxylic acids is 1. The molecule has 5 aromatic rings. The molecule has 6 heteroatoms. The smallest absolute Gasteiger partial charge is 0.317 e. The molecule has 0 spiro atoms. The number of rotatable bonds is 9. The van der Waals surface area contributed by atoms with Crippen molar-refractivity contribution in [3.05, 3.63) is 136 Å². The van der Waals surface area contributed by atoms with Crippen molar-refractivity contribution >= 4 is 32.8 Å². The fourth-order valence-corrected chi connectivity index (χ4v) is 4.86. The van der Waals surface area contributed by atoms with Crippen molar-refractivity contribution in [3.63, 3.8) is 0 Å². The van der Waals surface area contributed by atoms with Crippen LogP contribution in [0.25, 0.3) is 10.9 Å². The molecule has 5 rings (SSSR count). The number of aromatic nitrogens is 1. The normalized spacial score (nSPS) is 11.9. The Morgan fingerprint density at radius 3 is 2.19 bits per heavy atom. The summed E-state index contributed by atoms with van der Waals surface area (Å²) >= 11 is 3.57. The molecule has 0 radical (unpaired) electrons. The molecular weight excluding hydrogens is 528 g/mol. The largest absolute Gasteiger partial charge is 0.480 e. The molecular formula is C31H25BrN2O3. The molecule has 0 aliphatic heterocycles. The van der Waals surface area contributed by atoms with Gasteiger partial charge in [0.15, 0.2) is 0 Å². The first-order valence-corrected chi connectivity index (χ1v) is 12.7. The van der Waals surface area contributed by atoms with Crippen molar-refractivity contribution in [2.24, 2.45) is 0 Å². The summed E-state index contributed by atoms with van der Waals surface area (Å²) in [7, 11) is 0. The molecule has 5 nitrogen and oxygen atoms in total. The van der Waals surface area contributed by atoms with E-state index < -0.39 is 12.0 Å². The van der Waals surface area contributed by atoms with Crippen molar-refractivity contribution in [1.82, 2.24) is 9.88 Å². The SMILES string of the molecule is O=C(O)CN(Cc1ccccc1)C(c1ccccc1)c1cc2cc(Br)ccc2nc1Oc1ccccc1. The number of fused-ring (bicyclic) bond motifs is 1. The van der Waals surface area contributed by atoms with Gasteiger partial charge in [-0.2, -0.15) is 0 Å². The summed E-state index contributed by atoms with van der Waals surface area (Å²) in [6.07, 6.45) is 0. The van der Waals surface area contributed by atoms with E-state index in [9.17, 15) is 9.90 Å². The Bertz CT molecular complexity index is 1500. The fraction of sp³-hybridized carbons (Fsp3) is 0.0968. The van der Waals surface area contributed by atoms with Crippen LogP contribution >= 0.6 is 15.9 Å². The van der Waals surface area contributed by atoms with Crippen molar-refractivity contribution in [3.8, 4) is 11.6 Å². The number of nitrogens with zero attached hydrogens (tertiary/aromatic N) is 2. The highest BCUT2D eigenvalue weighted by molar-refractivity contribution is 9.10. The third-order valence-electron chi connectivity index (χ3n) is 6.07. The maximum Gasteiger partial charge on any atom is 0.317 e. The van der Waals surface area contributed by atoms with Crippen LogP contribution in [0.1, 0.15) is 22.7 Å². The highest BCUT2D eigenvalue weighted by atomic mass is 79.9. The molecule has 0 saturated carbocycles. The monoisotopic (exact) mass is 552 g/mol. The highest BCUT2D eigenvalue weighted by Gasteiger charge is 2.29. The zero-order valence-corrected chi connectivity index (χ0v) is 21.6. The van der Waals surface area contributed by atoms with Crippen LogP contribution in [0.3, 0.4) is 0 Å². The summed E-state index contributed by atoms with van der Waals surface area (Å²) in [4.78, 5) is 19.0. The predicted octanol–water partition coefficient (Wildman–Crippen LogP) is 7.47. The van der Waals surface area contributed by atoms with E-state index in [0.29, 0.717) is 18.2 Å². The molecule has 0 aliphatic carbocycles. The van der Waals surface area contributed by atoms with E-state index in [2.05, 4.69) is 22.0 Å². The summed E-state index contributed by atoms with van der Waals surface area (Å²) in [6, 6.07) is 36.9. The molecule has 0 saturated heterocycles. The molecule has 184 valence electrons. The number of para-hydroxylation sites is 1. The minimum absolute atomic E-state index is 0.157. The standard InChI is InChI=1S/C31H25BrN2O3/c32-25-16-17-28-24(18-25)19-27(31(33-28)37-26-14-8-3-9-15-26)30(23-12-6-2-7-13-23)34(21-29(35)36)20-22-10-4-1-5-11-22/h1-19,30H,20-21H2,(H,35,36). The zero-order valence-electron chi connectivity index (χ0n) is 20.0. The average molecular weight is 553 g/mol. The van der Waals surface area contributed by atoms with Gasteiger partial charge in [0.25, 0.3) is 0 Å². The number of halogens is 1. The van der Waals surface area contributed by atoms with Crippen molar-refractivity contribution in [1.29, 1.82) is 0 Å². The second kappa shape index (κ2) is 11.4. The van der Waals surface area contributed by atoms with Crippen molar-refractivity contribution in [2.75, 3.05) is 6.54 Å². The average Bonchev–Trinajstić information content (AvgIpc) is 2.91. The Morgan fingerprint density at radius 1 is 0.865 bits per heavy atom. The molecule has 0 fully saturated rings. The van der Waals surface area contributed by atoms with Gasteiger partial charge in [0, 0.05) is 22.0 Å². The van der Waals surface area contributed by atoms with Gasteiger partial charge in [-0.05, 0) is 47.5 Å². The second-order valence-electron chi connectivity index (χ2n) is 8.73. The lowest BCUT2D eigenvalue weighted by Crippen LogP contribution is -2.34. The van der Waals surface area contributed by atoms with Gasteiger partial charge in [-0.15, -0.1) is 0 Å². The maximum atomic E-state index is 12.1. The van der Waals surface area contributed by atoms with Crippen molar-refractivity contribution < 1.29 is 14.6 Å². The van der Waals surface area contributed by atoms with Gasteiger partial charge in [-0.3, -0.25) is 9.69 Å². The van der Waals surface area contributed by atoms with E-state index in [4.69, 9.17) is 9.72 Å². The molecule has 0 aliphatic rings. The summed E-state index contributed by atoms with van der Waals surface area (Å²) in [5, 5.41) is 10.9. The molecule has 37 heavy (non-hydrogen) atoms. The molecule has 0 amide bonds. The Balaban J connectivity index is 1.71. The Labute approximate surface area is 224 Å². The number of carbonyl (C=O) groups is 1. The first kappa shape index (κ1) is 24.7. The van der Waals surface area contributed by atoms with E-state index in [-0.39, 0.29) is 6.54 Å². The molecule has 1 aromatic heterocycles. The predicted molar refractivity (Wildman–Crippen MR) is 149 cm³/mol. The number of carboxylic acid groups (broad SMARTS) is 1. The third kappa shape index (κ3) is 6.05. The fourth-order valence-electron chi connectivity index (χ4n) is 4.48. The lowest BCUT2D eigenvalue weighted by molar-refractivity contribution is -0.138. The van der Waals surface area contributed by atoms with E-state index in [1.165, 1.54) is 0 Å². The van der Waals surface area contributed by atoms with Crippen molar-refractivity contribution in [2.45, 2.75) is 12.6 Å². The topological polar surface area (TPSA) is 62.7 Å². The van der Waals surface area contributed by atoms with E-state index >= 15 is 0 Å². The van der Waals surface area contributed by atoms with Crippen LogP contribution in [-0.2, 0) is 11.3 Å². The minimum Gasteiger partial charge on any atom is -0.480 e. The molecule has 4 aromatic carbocycles. The third-order valence-corrected chi connectivity index (χ3v) is 6.56. The van der Waals surface area contributed by atoms with Crippen LogP contribution in [-0.4, -0.2) is 27.5 Å². The molecule has 1 unspecified atom stereocenters. The van der Waals surface area contributed by atoms with Gasteiger partial charge < -0.3 is 9.84 Å². The first-order valence-electron chi connectivity index (χ1n) is 11.9. The van der Waals surface area contributed by atoms with E-state index in [1.807, 2.05) is 114 Å². The highest BCUT2D eigenvalue weighted by Crippen LogP contribution is 2.38. The van der Waals surface area contributed by atoms with E-state index in [0.717, 1.165) is 32.1 Å². The van der Waals surface area contributed by atoms with Crippen LogP contribution < -0.4 is 4.74 Å². The summed E-state index contributed by atoms with van der Waals surface area (Å²) in [6.45, 7) is 0.282. The number of carboxylic acids is 1. The Kier molecular flexibility index (Phi) is 7.59. The van der Waals surface area contributed by atoms with Crippen LogP contribution in [0.2, 0.25) is 0 Å². The summed E-state index contributed by atoms with van der Waals surface area (Å²) in [5.41, 5.74) is 3.55. The number of pyridine rings is 1. The maximum absolute atomic E-state index is 12.1. The molecule has 1 atom stereocenters. The Morgan fingerprint density at radius 2 is 1.51 bits per heavy atom. The van der Waals surface area contributed by atoms with Crippen LogP contribution in [0.4, 0.5) is 0 Å². The molecule has 1 N–H and O–H groups in total. The summed E-state index contributed by atoms with van der Waals surface area (Å²) in [5.74, 6) is 0.199. The van der Waals surface area contributed by atoms with Crippen LogP contribution in [0.5, 0.6) is 11.6 Å². The van der Waals surface area contributed by atoms with Gasteiger partial charge in [0.1, 0.15) is 5.75 Å². The quantitative estimate of drug-likeness (QED) is 0.205. The minimum atomic E-state index is -0.904. The zero-order chi connectivity index (χ0) is 25.6. The number of benzene rings is 4.